The van der Waals surface area contributed by atoms with Crippen molar-refractivity contribution in [1.29, 1.82) is 0 Å². The molecule has 0 spiro atoms. The van der Waals surface area contributed by atoms with E-state index in [1.807, 2.05) is 13.0 Å². The average Bonchev–Trinajstić information content (AvgIpc) is 2.69. The summed E-state index contributed by atoms with van der Waals surface area (Å²) < 4.78 is 6.30. The lowest BCUT2D eigenvalue weighted by molar-refractivity contribution is 0.480. The Labute approximate surface area is 176 Å². The van der Waals surface area contributed by atoms with Crippen LogP contribution in [0, 0.1) is 0 Å². The van der Waals surface area contributed by atoms with E-state index < -0.39 is 0 Å². The number of benzene rings is 3. The fourth-order valence-electron chi connectivity index (χ4n) is 3.33. The van der Waals surface area contributed by atoms with E-state index in [2.05, 4.69) is 107 Å². The lowest BCUT2D eigenvalue weighted by Crippen LogP contribution is -2.10. The first-order chi connectivity index (χ1) is 13.8. The predicted octanol–water partition coefficient (Wildman–Crippen LogP) is 8.60. The Bertz CT molecular complexity index is 968. The van der Waals surface area contributed by atoms with Crippen LogP contribution in [0.15, 0.2) is 72.8 Å². The van der Waals surface area contributed by atoms with Gasteiger partial charge in [0.2, 0.25) is 0 Å². The molecule has 3 rings (SSSR count). The molecular formula is C28H32O. The Morgan fingerprint density at radius 3 is 1.97 bits per heavy atom. The molecule has 0 radical (unpaired) electrons. The van der Waals surface area contributed by atoms with Crippen LogP contribution in [-0.4, -0.2) is 0 Å². The van der Waals surface area contributed by atoms with E-state index in [0.717, 1.165) is 22.6 Å². The molecule has 29 heavy (non-hydrogen) atoms. The molecule has 0 saturated heterocycles. The molecule has 0 amide bonds. The summed E-state index contributed by atoms with van der Waals surface area (Å²) in [6.45, 7) is 13.1. The van der Waals surface area contributed by atoms with Crippen molar-refractivity contribution in [2.75, 3.05) is 0 Å². The van der Waals surface area contributed by atoms with Crippen LogP contribution in [0.2, 0.25) is 0 Å². The lowest BCUT2D eigenvalue weighted by Gasteiger charge is -2.19. The molecule has 1 heteroatoms. The largest absolute Gasteiger partial charge is 0.457 e. The van der Waals surface area contributed by atoms with Crippen LogP contribution >= 0.6 is 0 Å². The second-order valence-corrected chi connectivity index (χ2v) is 8.91. The van der Waals surface area contributed by atoms with Gasteiger partial charge in [-0.1, -0.05) is 95.3 Å². The zero-order valence-corrected chi connectivity index (χ0v) is 18.5. The van der Waals surface area contributed by atoms with Crippen molar-refractivity contribution in [1.82, 2.24) is 0 Å². The Morgan fingerprint density at radius 2 is 1.41 bits per heavy atom. The van der Waals surface area contributed by atoms with Gasteiger partial charge < -0.3 is 4.74 Å². The van der Waals surface area contributed by atoms with Crippen molar-refractivity contribution >= 4 is 6.08 Å². The van der Waals surface area contributed by atoms with Gasteiger partial charge in [-0.05, 0) is 58.7 Å². The van der Waals surface area contributed by atoms with Crippen molar-refractivity contribution in [3.05, 3.63) is 89.5 Å². The SMILES string of the molecule is C/C=C/c1ccc(-c2ccc(C(C)C)cc2)cc1Oc1ccc(C(C)(C)C)cc1. The quantitative estimate of drug-likeness (QED) is 0.428. The third-order valence-electron chi connectivity index (χ3n) is 5.22. The van der Waals surface area contributed by atoms with E-state index in [-0.39, 0.29) is 5.41 Å². The van der Waals surface area contributed by atoms with Gasteiger partial charge >= 0.3 is 0 Å². The number of rotatable bonds is 5. The summed E-state index contributed by atoms with van der Waals surface area (Å²) >= 11 is 0. The second-order valence-electron chi connectivity index (χ2n) is 8.91. The fourth-order valence-corrected chi connectivity index (χ4v) is 3.33. The van der Waals surface area contributed by atoms with Crippen LogP contribution < -0.4 is 4.74 Å². The minimum Gasteiger partial charge on any atom is -0.457 e. The maximum atomic E-state index is 6.30. The van der Waals surface area contributed by atoms with E-state index >= 15 is 0 Å². The molecule has 3 aromatic carbocycles. The van der Waals surface area contributed by atoms with Crippen molar-refractivity contribution in [3.8, 4) is 22.6 Å². The first-order valence-corrected chi connectivity index (χ1v) is 10.4. The zero-order chi connectivity index (χ0) is 21.0. The molecule has 0 saturated carbocycles. The summed E-state index contributed by atoms with van der Waals surface area (Å²) in [6.07, 6.45) is 4.13. The average molecular weight is 385 g/mol. The van der Waals surface area contributed by atoms with Crippen LogP contribution in [0.3, 0.4) is 0 Å². The van der Waals surface area contributed by atoms with E-state index in [9.17, 15) is 0 Å². The summed E-state index contributed by atoms with van der Waals surface area (Å²) in [6, 6.07) is 23.7. The normalized spacial score (nSPS) is 12.0. The first kappa shape index (κ1) is 20.9. The highest BCUT2D eigenvalue weighted by atomic mass is 16.5. The molecule has 0 bridgehead atoms. The van der Waals surface area contributed by atoms with Gasteiger partial charge in [0.05, 0.1) is 0 Å². The van der Waals surface area contributed by atoms with Crippen molar-refractivity contribution in [2.45, 2.75) is 52.9 Å². The molecule has 0 N–H and O–H groups in total. The van der Waals surface area contributed by atoms with Crippen molar-refractivity contribution in [2.24, 2.45) is 0 Å². The minimum atomic E-state index is 0.136. The topological polar surface area (TPSA) is 9.23 Å². The third kappa shape index (κ3) is 5.17. The number of hydrogen-bond acceptors (Lipinski definition) is 1. The zero-order valence-electron chi connectivity index (χ0n) is 18.5. The van der Waals surface area contributed by atoms with E-state index in [4.69, 9.17) is 4.74 Å². The monoisotopic (exact) mass is 384 g/mol. The molecule has 0 unspecified atom stereocenters. The van der Waals surface area contributed by atoms with E-state index in [1.165, 1.54) is 16.7 Å². The summed E-state index contributed by atoms with van der Waals surface area (Å²) in [5, 5.41) is 0. The standard InChI is InChI=1S/C28H32O/c1-7-8-23-13-14-24(22-11-9-21(10-12-22)20(2)3)19-27(23)29-26-17-15-25(16-18-26)28(4,5)6/h7-20H,1-6H3/b8-7+. The lowest BCUT2D eigenvalue weighted by atomic mass is 9.87. The Balaban J connectivity index is 1.93. The highest BCUT2D eigenvalue weighted by Gasteiger charge is 2.13. The maximum absolute atomic E-state index is 6.30. The van der Waals surface area contributed by atoms with Crippen LogP contribution in [0.25, 0.3) is 17.2 Å². The molecule has 0 fully saturated rings. The van der Waals surface area contributed by atoms with E-state index in [1.54, 1.807) is 0 Å². The minimum absolute atomic E-state index is 0.136. The van der Waals surface area contributed by atoms with Crippen LogP contribution in [0.4, 0.5) is 0 Å². The molecule has 0 aliphatic carbocycles. The predicted molar refractivity (Wildman–Crippen MR) is 126 cm³/mol. The maximum Gasteiger partial charge on any atom is 0.135 e. The molecule has 1 nitrogen and oxygen atoms in total. The summed E-state index contributed by atoms with van der Waals surface area (Å²) in [7, 11) is 0. The molecule has 0 atom stereocenters. The van der Waals surface area contributed by atoms with Crippen LogP contribution in [0.5, 0.6) is 11.5 Å². The van der Waals surface area contributed by atoms with E-state index in [0.29, 0.717) is 5.92 Å². The Hall–Kier alpha value is -2.80. The van der Waals surface area contributed by atoms with Crippen LogP contribution in [-0.2, 0) is 5.41 Å². The smallest absolute Gasteiger partial charge is 0.135 e. The van der Waals surface area contributed by atoms with Gasteiger partial charge in [0.1, 0.15) is 11.5 Å². The van der Waals surface area contributed by atoms with Gasteiger partial charge in [-0.3, -0.25) is 0 Å². The second kappa shape index (κ2) is 8.69. The molecule has 3 aromatic rings. The molecular weight excluding hydrogens is 352 g/mol. The highest BCUT2D eigenvalue weighted by Crippen LogP contribution is 2.33. The Morgan fingerprint density at radius 1 is 0.793 bits per heavy atom. The Kier molecular flexibility index (Phi) is 6.27. The molecule has 150 valence electrons. The summed E-state index contributed by atoms with van der Waals surface area (Å²) in [4.78, 5) is 0. The van der Waals surface area contributed by atoms with Gasteiger partial charge in [0.15, 0.2) is 0 Å². The summed E-state index contributed by atoms with van der Waals surface area (Å²) in [5.74, 6) is 2.27. The van der Waals surface area contributed by atoms with Crippen molar-refractivity contribution < 1.29 is 4.74 Å². The number of hydrogen-bond donors (Lipinski definition) is 0. The molecule has 0 aliphatic rings. The number of ether oxygens (including phenoxy) is 1. The summed E-state index contributed by atoms with van der Waals surface area (Å²) in [5.41, 5.74) is 6.24. The van der Waals surface area contributed by atoms with Gasteiger partial charge in [0, 0.05) is 5.56 Å². The number of allylic oxidation sites excluding steroid dienone is 1. The molecule has 0 aliphatic heterocycles. The third-order valence-corrected chi connectivity index (χ3v) is 5.22. The van der Waals surface area contributed by atoms with Gasteiger partial charge in [-0.25, -0.2) is 0 Å². The van der Waals surface area contributed by atoms with Gasteiger partial charge in [-0.2, -0.15) is 0 Å². The van der Waals surface area contributed by atoms with Crippen molar-refractivity contribution in [3.63, 3.8) is 0 Å². The van der Waals surface area contributed by atoms with Gasteiger partial charge in [0.25, 0.3) is 0 Å². The molecule has 0 heterocycles. The van der Waals surface area contributed by atoms with Crippen LogP contribution in [0.1, 0.15) is 64.2 Å². The first-order valence-electron chi connectivity index (χ1n) is 10.4. The highest BCUT2D eigenvalue weighted by molar-refractivity contribution is 5.70. The fraction of sp³-hybridized carbons (Fsp3) is 0.286. The van der Waals surface area contributed by atoms with Gasteiger partial charge in [-0.15, -0.1) is 0 Å². The molecule has 0 aromatic heterocycles.